The predicted molar refractivity (Wildman–Crippen MR) is 81.2 cm³/mol. The molecule has 0 spiro atoms. The fourth-order valence-electron chi connectivity index (χ4n) is 2.84. The van der Waals surface area contributed by atoms with Crippen LogP contribution in [-0.2, 0) is 0 Å². The van der Waals surface area contributed by atoms with E-state index in [1.807, 2.05) is 12.3 Å². The summed E-state index contributed by atoms with van der Waals surface area (Å²) in [4.78, 5) is 19.4. The van der Waals surface area contributed by atoms with Gasteiger partial charge in [-0.25, -0.2) is 19.9 Å². The number of hydrogen-bond donors (Lipinski definition) is 1. The normalized spacial score (nSPS) is 19.1. The van der Waals surface area contributed by atoms with E-state index in [1.54, 1.807) is 12.4 Å². The van der Waals surface area contributed by atoms with Crippen molar-refractivity contribution in [1.29, 1.82) is 0 Å². The number of nitrogens with one attached hydrogen (secondary N) is 1. The highest BCUT2D eigenvalue weighted by molar-refractivity contribution is 5.49. The van der Waals surface area contributed by atoms with Gasteiger partial charge in [0.15, 0.2) is 0 Å². The highest BCUT2D eigenvalue weighted by Gasteiger charge is 2.28. The summed E-state index contributed by atoms with van der Waals surface area (Å²) in [7, 11) is 0. The summed E-state index contributed by atoms with van der Waals surface area (Å²) >= 11 is 0. The third-order valence-corrected chi connectivity index (χ3v) is 3.79. The predicted octanol–water partition coefficient (Wildman–Crippen LogP) is 2.56. The minimum atomic E-state index is 0.389. The van der Waals surface area contributed by atoms with Gasteiger partial charge < -0.3 is 5.32 Å². The molecular weight excluding hydrogens is 264 g/mol. The topological polar surface area (TPSA) is 66.8 Å². The van der Waals surface area contributed by atoms with E-state index in [0.29, 0.717) is 18.0 Å². The zero-order valence-corrected chi connectivity index (χ0v) is 12.4. The smallest absolute Gasteiger partial charge is 0.227 e. The number of nitrogens with zero attached hydrogens (tertiary/aromatic N) is 5. The molecule has 110 valence electrons. The van der Waals surface area contributed by atoms with Gasteiger partial charge in [0.05, 0.1) is 29.8 Å². The Morgan fingerprint density at radius 2 is 2.10 bits per heavy atom. The molecule has 2 aromatic heterocycles. The molecule has 0 unspecified atom stereocenters. The molecule has 1 aliphatic rings. The molecule has 0 aromatic carbocycles. The van der Waals surface area contributed by atoms with Gasteiger partial charge >= 0.3 is 0 Å². The first-order chi connectivity index (χ1) is 10.2. The zero-order chi connectivity index (χ0) is 14.7. The maximum Gasteiger partial charge on any atom is 0.227 e. The van der Waals surface area contributed by atoms with Gasteiger partial charge in [0, 0.05) is 12.2 Å². The molecule has 0 amide bonds. The van der Waals surface area contributed by atoms with E-state index in [1.165, 1.54) is 12.7 Å². The quantitative estimate of drug-likeness (QED) is 0.930. The maximum atomic E-state index is 4.66. The summed E-state index contributed by atoms with van der Waals surface area (Å²) in [5, 5.41) is 3.15. The third-order valence-electron chi connectivity index (χ3n) is 3.79. The van der Waals surface area contributed by atoms with Crippen LogP contribution in [0.4, 0.5) is 11.6 Å². The average Bonchev–Trinajstić information content (AvgIpc) is 2.98. The largest absolute Gasteiger partial charge is 0.322 e. The number of rotatable bonds is 4. The first-order valence-corrected chi connectivity index (χ1v) is 7.35. The molecule has 0 radical (unpaired) electrons. The second-order valence-electron chi connectivity index (χ2n) is 5.55. The minimum absolute atomic E-state index is 0.389. The SMILES string of the molecule is CC(C)N1CCC[C@H]1c1ccnc(Nc2cncnc2)n1. The Hall–Kier alpha value is -2.08. The van der Waals surface area contributed by atoms with Gasteiger partial charge in [0.1, 0.15) is 6.33 Å². The van der Waals surface area contributed by atoms with Gasteiger partial charge in [-0.3, -0.25) is 4.90 Å². The van der Waals surface area contributed by atoms with Crippen LogP contribution in [0.1, 0.15) is 38.4 Å². The van der Waals surface area contributed by atoms with E-state index in [9.17, 15) is 0 Å². The van der Waals surface area contributed by atoms with Gasteiger partial charge in [0.25, 0.3) is 0 Å². The van der Waals surface area contributed by atoms with E-state index in [0.717, 1.165) is 24.3 Å². The molecule has 21 heavy (non-hydrogen) atoms. The molecular formula is C15H20N6. The van der Waals surface area contributed by atoms with Crippen molar-refractivity contribution in [3.8, 4) is 0 Å². The molecule has 3 rings (SSSR count). The Morgan fingerprint density at radius 3 is 2.86 bits per heavy atom. The average molecular weight is 284 g/mol. The molecule has 3 heterocycles. The standard InChI is InChI=1S/C15H20N6/c1-11(2)21-7-3-4-14(21)13-5-6-18-15(20-13)19-12-8-16-10-17-9-12/h5-6,8-11,14H,3-4,7H2,1-2H3,(H,18,19,20)/t14-/m0/s1. The third kappa shape index (κ3) is 3.16. The van der Waals surface area contributed by atoms with Crippen LogP contribution in [0.3, 0.4) is 0 Å². The molecule has 1 N–H and O–H groups in total. The van der Waals surface area contributed by atoms with Crippen LogP contribution >= 0.6 is 0 Å². The Morgan fingerprint density at radius 1 is 1.29 bits per heavy atom. The highest BCUT2D eigenvalue weighted by Crippen LogP contribution is 2.32. The van der Waals surface area contributed by atoms with Crippen molar-refractivity contribution in [2.24, 2.45) is 0 Å². The number of hydrogen-bond acceptors (Lipinski definition) is 6. The lowest BCUT2D eigenvalue weighted by Gasteiger charge is -2.27. The molecule has 6 heteroatoms. The van der Waals surface area contributed by atoms with Crippen LogP contribution < -0.4 is 5.32 Å². The number of aromatic nitrogens is 4. The molecule has 0 saturated carbocycles. The summed E-state index contributed by atoms with van der Waals surface area (Å²) < 4.78 is 0. The lowest BCUT2D eigenvalue weighted by atomic mass is 10.1. The minimum Gasteiger partial charge on any atom is -0.322 e. The van der Waals surface area contributed by atoms with Gasteiger partial charge in [-0.05, 0) is 39.3 Å². The van der Waals surface area contributed by atoms with Crippen molar-refractivity contribution in [1.82, 2.24) is 24.8 Å². The van der Waals surface area contributed by atoms with Crippen molar-refractivity contribution in [3.05, 3.63) is 36.7 Å². The van der Waals surface area contributed by atoms with Crippen LogP contribution in [0.15, 0.2) is 31.0 Å². The van der Waals surface area contributed by atoms with Crippen LogP contribution in [-0.4, -0.2) is 37.4 Å². The molecule has 2 aromatic rings. The van der Waals surface area contributed by atoms with E-state index in [-0.39, 0.29) is 0 Å². The molecule has 1 fully saturated rings. The Bertz CT molecular complexity index is 586. The summed E-state index contributed by atoms with van der Waals surface area (Å²) in [6.07, 6.45) is 9.11. The van der Waals surface area contributed by atoms with E-state index < -0.39 is 0 Å². The number of likely N-dealkylation sites (tertiary alicyclic amines) is 1. The van der Waals surface area contributed by atoms with Gasteiger partial charge in [-0.15, -0.1) is 0 Å². The van der Waals surface area contributed by atoms with Crippen molar-refractivity contribution in [2.45, 2.75) is 38.8 Å². The van der Waals surface area contributed by atoms with E-state index in [4.69, 9.17) is 0 Å². The van der Waals surface area contributed by atoms with Crippen LogP contribution in [0, 0.1) is 0 Å². The Balaban J connectivity index is 1.80. The molecule has 0 bridgehead atoms. The van der Waals surface area contributed by atoms with E-state index >= 15 is 0 Å². The lowest BCUT2D eigenvalue weighted by molar-refractivity contribution is 0.202. The zero-order valence-electron chi connectivity index (χ0n) is 12.4. The lowest BCUT2D eigenvalue weighted by Crippen LogP contribution is -2.30. The van der Waals surface area contributed by atoms with Crippen LogP contribution in [0.2, 0.25) is 0 Å². The Kier molecular flexibility index (Phi) is 4.06. The second kappa shape index (κ2) is 6.13. The van der Waals surface area contributed by atoms with Crippen LogP contribution in [0.5, 0.6) is 0 Å². The first-order valence-electron chi connectivity index (χ1n) is 7.35. The summed E-state index contributed by atoms with van der Waals surface area (Å²) in [5.41, 5.74) is 1.87. The van der Waals surface area contributed by atoms with Crippen LogP contribution in [0.25, 0.3) is 0 Å². The fourth-order valence-corrected chi connectivity index (χ4v) is 2.84. The highest BCUT2D eigenvalue weighted by atomic mass is 15.2. The first kappa shape index (κ1) is 13.9. The molecule has 1 aliphatic heterocycles. The summed E-state index contributed by atoms with van der Waals surface area (Å²) in [5.74, 6) is 0.595. The van der Waals surface area contributed by atoms with Gasteiger partial charge in [-0.2, -0.15) is 0 Å². The fraction of sp³-hybridized carbons (Fsp3) is 0.467. The van der Waals surface area contributed by atoms with Crippen molar-refractivity contribution >= 4 is 11.6 Å². The van der Waals surface area contributed by atoms with Crippen molar-refractivity contribution < 1.29 is 0 Å². The maximum absolute atomic E-state index is 4.66. The molecule has 0 aliphatic carbocycles. The van der Waals surface area contributed by atoms with Crippen molar-refractivity contribution in [2.75, 3.05) is 11.9 Å². The number of anilines is 2. The Labute approximate surface area is 124 Å². The summed E-state index contributed by atoms with van der Waals surface area (Å²) in [6, 6.07) is 2.94. The monoisotopic (exact) mass is 284 g/mol. The van der Waals surface area contributed by atoms with E-state index in [2.05, 4.69) is 44.0 Å². The van der Waals surface area contributed by atoms with Crippen molar-refractivity contribution in [3.63, 3.8) is 0 Å². The van der Waals surface area contributed by atoms with Gasteiger partial charge in [-0.1, -0.05) is 0 Å². The molecule has 6 nitrogen and oxygen atoms in total. The summed E-state index contributed by atoms with van der Waals surface area (Å²) in [6.45, 7) is 5.61. The second-order valence-corrected chi connectivity index (χ2v) is 5.55. The van der Waals surface area contributed by atoms with Gasteiger partial charge in [0.2, 0.25) is 5.95 Å². The molecule has 1 atom stereocenters. The molecule has 1 saturated heterocycles.